The predicted octanol–water partition coefficient (Wildman–Crippen LogP) is 1.54. The minimum absolute atomic E-state index is 0.181. The van der Waals surface area contributed by atoms with Gasteiger partial charge in [-0.05, 0) is 25.0 Å². The first-order valence-corrected chi connectivity index (χ1v) is 8.59. The first kappa shape index (κ1) is 16.3. The van der Waals surface area contributed by atoms with E-state index in [2.05, 4.69) is 30.5 Å². The third-order valence-corrected chi connectivity index (χ3v) is 4.72. The van der Waals surface area contributed by atoms with Gasteiger partial charge in [0.2, 0.25) is 11.8 Å². The van der Waals surface area contributed by atoms with Crippen molar-refractivity contribution in [2.45, 2.75) is 24.9 Å². The SMILES string of the molecule is OCOc1ncc(Nc2nccc(N3C[C@H]4CC[C@@H](C3)N4)n2)cc1Cl. The molecule has 0 unspecified atom stereocenters. The predicted molar refractivity (Wildman–Crippen MR) is 94.4 cm³/mol. The number of aliphatic hydroxyl groups excluding tert-OH is 1. The molecule has 2 aromatic rings. The Balaban J connectivity index is 1.49. The van der Waals surface area contributed by atoms with E-state index in [4.69, 9.17) is 21.4 Å². The number of nitrogens with one attached hydrogen (secondary N) is 2. The number of aliphatic hydroxyl groups is 1. The van der Waals surface area contributed by atoms with Crippen LogP contribution in [0.5, 0.6) is 5.88 Å². The van der Waals surface area contributed by atoms with Crippen molar-refractivity contribution in [1.82, 2.24) is 20.3 Å². The number of rotatable bonds is 5. The fraction of sp³-hybridized carbons (Fsp3) is 0.438. The molecule has 2 bridgehead atoms. The molecule has 25 heavy (non-hydrogen) atoms. The molecule has 4 heterocycles. The zero-order valence-corrected chi connectivity index (χ0v) is 14.3. The number of piperazine rings is 1. The Kier molecular flexibility index (Phi) is 4.56. The van der Waals surface area contributed by atoms with Gasteiger partial charge in [0.25, 0.3) is 0 Å². The summed E-state index contributed by atoms with van der Waals surface area (Å²) in [6, 6.07) is 4.68. The maximum atomic E-state index is 8.78. The molecule has 0 aromatic carbocycles. The van der Waals surface area contributed by atoms with Crippen LogP contribution in [0.25, 0.3) is 0 Å². The molecule has 9 heteroatoms. The molecular formula is C16H19ClN6O2. The summed E-state index contributed by atoms with van der Waals surface area (Å²) in [5.74, 6) is 1.58. The zero-order valence-electron chi connectivity index (χ0n) is 13.5. The number of hydrogen-bond donors (Lipinski definition) is 3. The maximum Gasteiger partial charge on any atom is 0.234 e. The first-order chi connectivity index (χ1) is 12.2. The van der Waals surface area contributed by atoms with Gasteiger partial charge in [0.1, 0.15) is 10.8 Å². The molecule has 0 aliphatic carbocycles. The van der Waals surface area contributed by atoms with Crippen LogP contribution < -0.4 is 20.3 Å². The van der Waals surface area contributed by atoms with Crippen LogP contribution >= 0.6 is 11.6 Å². The average molecular weight is 363 g/mol. The molecule has 8 nitrogen and oxygen atoms in total. The number of pyridine rings is 1. The highest BCUT2D eigenvalue weighted by molar-refractivity contribution is 6.32. The Morgan fingerprint density at radius 1 is 1.32 bits per heavy atom. The third kappa shape index (κ3) is 3.60. The summed E-state index contributed by atoms with van der Waals surface area (Å²) in [5.41, 5.74) is 0.646. The van der Waals surface area contributed by atoms with E-state index in [0.29, 0.717) is 28.7 Å². The number of nitrogens with zero attached hydrogens (tertiary/aromatic N) is 4. The molecule has 2 atom stereocenters. The van der Waals surface area contributed by atoms with Crippen molar-refractivity contribution >= 4 is 29.1 Å². The third-order valence-electron chi connectivity index (χ3n) is 4.45. The Labute approximate surface area is 150 Å². The minimum atomic E-state index is -0.475. The van der Waals surface area contributed by atoms with Crippen LogP contribution in [0, 0.1) is 0 Å². The molecule has 0 amide bonds. The van der Waals surface area contributed by atoms with Crippen LogP contribution in [0.2, 0.25) is 5.02 Å². The van der Waals surface area contributed by atoms with Crippen LogP contribution in [0.3, 0.4) is 0 Å². The molecule has 0 spiro atoms. The lowest BCUT2D eigenvalue weighted by atomic mass is 10.2. The van der Waals surface area contributed by atoms with Crippen LogP contribution in [-0.4, -0.2) is 52.0 Å². The van der Waals surface area contributed by atoms with Gasteiger partial charge < -0.3 is 25.4 Å². The smallest absolute Gasteiger partial charge is 0.234 e. The maximum absolute atomic E-state index is 8.78. The van der Waals surface area contributed by atoms with Gasteiger partial charge in [0.15, 0.2) is 6.79 Å². The molecule has 0 radical (unpaired) electrons. The topological polar surface area (TPSA) is 95.4 Å². The molecule has 2 aliphatic rings. The average Bonchev–Trinajstić information content (AvgIpc) is 2.96. The Morgan fingerprint density at radius 3 is 2.84 bits per heavy atom. The number of fused-ring (bicyclic) bond motifs is 2. The summed E-state index contributed by atoms with van der Waals surface area (Å²) >= 11 is 6.07. The summed E-state index contributed by atoms with van der Waals surface area (Å²) in [6.07, 6.45) is 5.75. The number of aromatic nitrogens is 3. The number of anilines is 3. The standard InChI is InChI=1S/C16H19ClN6O2/c17-13-5-12(6-19-15(13)25-9-24)21-16-18-4-3-14(22-16)23-7-10-1-2-11(8-23)20-10/h3-6,10-11,20,24H,1-2,7-9H2,(H,18,21,22)/t10-,11+. The summed E-state index contributed by atoms with van der Waals surface area (Å²) < 4.78 is 4.91. The van der Waals surface area contributed by atoms with Crippen molar-refractivity contribution in [1.29, 1.82) is 0 Å². The lowest BCUT2D eigenvalue weighted by Gasteiger charge is -2.33. The second-order valence-corrected chi connectivity index (χ2v) is 6.60. The van der Waals surface area contributed by atoms with Gasteiger partial charge >= 0.3 is 0 Å². The molecule has 2 saturated heterocycles. The van der Waals surface area contributed by atoms with Gasteiger partial charge in [-0.3, -0.25) is 0 Å². The van der Waals surface area contributed by atoms with Gasteiger partial charge in [0, 0.05) is 31.4 Å². The van der Waals surface area contributed by atoms with Crippen molar-refractivity contribution in [3.05, 3.63) is 29.5 Å². The van der Waals surface area contributed by atoms with Gasteiger partial charge in [-0.15, -0.1) is 0 Å². The van der Waals surface area contributed by atoms with Crippen molar-refractivity contribution < 1.29 is 9.84 Å². The van der Waals surface area contributed by atoms with Crippen LogP contribution in [0.1, 0.15) is 12.8 Å². The van der Waals surface area contributed by atoms with E-state index in [-0.39, 0.29) is 5.88 Å². The fourth-order valence-corrected chi connectivity index (χ4v) is 3.58. The lowest BCUT2D eigenvalue weighted by molar-refractivity contribution is 0.0942. The number of ether oxygens (including phenoxy) is 1. The van der Waals surface area contributed by atoms with E-state index in [1.165, 1.54) is 12.8 Å². The molecular weight excluding hydrogens is 344 g/mol. The largest absolute Gasteiger partial charge is 0.450 e. The minimum Gasteiger partial charge on any atom is -0.450 e. The fourth-order valence-electron chi connectivity index (χ4n) is 3.36. The van der Waals surface area contributed by atoms with E-state index in [1.54, 1.807) is 18.5 Å². The van der Waals surface area contributed by atoms with Crippen molar-refractivity contribution in [3.63, 3.8) is 0 Å². The summed E-state index contributed by atoms with van der Waals surface area (Å²) in [5, 5.41) is 15.8. The van der Waals surface area contributed by atoms with E-state index >= 15 is 0 Å². The second-order valence-electron chi connectivity index (χ2n) is 6.19. The number of hydrogen-bond acceptors (Lipinski definition) is 8. The quantitative estimate of drug-likeness (QED) is 0.689. The first-order valence-electron chi connectivity index (χ1n) is 8.21. The van der Waals surface area contributed by atoms with Crippen LogP contribution in [-0.2, 0) is 0 Å². The number of halogens is 1. The molecule has 0 saturated carbocycles. The van der Waals surface area contributed by atoms with Gasteiger partial charge in [0.05, 0.1) is 11.9 Å². The Hall–Kier alpha value is -2.16. The Morgan fingerprint density at radius 2 is 2.12 bits per heavy atom. The van der Waals surface area contributed by atoms with Crippen LogP contribution in [0.4, 0.5) is 17.5 Å². The van der Waals surface area contributed by atoms with E-state index in [1.807, 2.05) is 6.07 Å². The highest BCUT2D eigenvalue weighted by atomic mass is 35.5. The summed E-state index contributed by atoms with van der Waals surface area (Å²) in [6.45, 7) is 1.46. The van der Waals surface area contributed by atoms with Gasteiger partial charge in [-0.25, -0.2) is 9.97 Å². The van der Waals surface area contributed by atoms with E-state index in [0.717, 1.165) is 18.9 Å². The lowest BCUT2D eigenvalue weighted by Crippen LogP contribution is -2.51. The molecule has 3 N–H and O–H groups in total. The molecule has 132 valence electrons. The Bertz CT molecular complexity index is 749. The highest BCUT2D eigenvalue weighted by Gasteiger charge is 2.32. The highest BCUT2D eigenvalue weighted by Crippen LogP contribution is 2.27. The summed E-state index contributed by atoms with van der Waals surface area (Å²) in [7, 11) is 0. The van der Waals surface area contributed by atoms with Crippen molar-refractivity contribution in [2.75, 3.05) is 30.1 Å². The van der Waals surface area contributed by atoms with Crippen molar-refractivity contribution in [2.24, 2.45) is 0 Å². The van der Waals surface area contributed by atoms with E-state index < -0.39 is 6.79 Å². The zero-order chi connectivity index (χ0) is 17.2. The molecule has 2 fully saturated rings. The van der Waals surface area contributed by atoms with Crippen molar-refractivity contribution in [3.8, 4) is 5.88 Å². The molecule has 2 aromatic heterocycles. The second kappa shape index (κ2) is 6.99. The monoisotopic (exact) mass is 362 g/mol. The van der Waals surface area contributed by atoms with Gasteiger partial charge in [-0.2, -0.15) is 4.98 Å². The van der Waals surface area contributed by atoms with E-state index in [9.17, 15) is 0 Å². The molecule has 2 aliphatic heterocycles. The normalized spacial score (nSPS) is 22.1. The summed E-state index contributed by atoms with van der Waals surface area (Å²) in [4.78, 5) is 15.2. The van der Waals surface area contributed by atoms with Crippen LogP contribution in [0.15, 0.2) is 24.5 Å². The van der Waals surface area contributed by atoms with Gasteiger partial charge in [-0.1, -0.05) is 11.6 Å². The molecule has 4 rings (SSSR count).